The molecule has 0 aliphatic carbocycles. The van der Waals surface area contributed by atoms with Crippen molar-refractivity contribution in [3.05, 3.63) is 0 Å². The molecule has 1 N–H and O–H groups in total. The predicted molar refractivity (Wildman–Crippen MR) is 77.8 cm³/mol. The Hall–Kier alpha value is -0.610. The Morgan fingerprint density at radius 1 is 1.32 bits per heavy atom. The maximum Gasteiger partial charge on any atom is 0.241 e. The summed E-state index contributed by atoms with van der Waals surface area (Å²) in [6, 6.07) is 0.465. The fraction of sp³-hybridized carbons (Fsp3) is 0.933. The van der Waals surface area contributed by atoms with Crippen molar-refractivity contribution in [3.8, 4) is 0 Å². The molecule has 2 saturated heterocycles. The van der Waals surface area contributed by atoms with Crippen LogP contribution < -0.4 is 5.32 Å². The molecule has 2 aliphatic heterocycles. The van der Waals surface area contributed by atoms with Crippen LogP contribution >= 0.6 is 0 Å². The first-order chi connectivity index (χ1) is 9.04. The molecule has 2 unspecified atom stereocenters. The Morgan fingerprint density at radius 3 is 2.47 bits per heavy atom. The number of hydrogen-bond donors (Lipinski definition) is 1. The third kappa shape index (κ3) is 3.11. The van der Waals surface area contributed by atoms with Gasteiger partial charge < -0.3 is 9.80 Å². The van der Waals surface area contributed by atoms with E-state index in [0.29, 0.717) is 17.9 Å². The molecule has 0 radical (unpaired) electrons. The van der Waals surface area contributed by atoms with Crippen molar-refractivity contribution in [1.82, 2.24) is 15.1 Å². The van der Waals surface area contributed by atoms with E-state index in [1.807, 2.05) is 0 Å². The maximum absolute atomic E-state index is 12.7. The number of carbonyl (C=O) groups excluding carboxylic acids is 1. The highest BCUT2D eigenvalue weighted by Crippen LogP contribution is 2.26. The van der Waals surface area contributed by atoms with Crippen molar-refractivity contribution >= 4 is 5.91 Å². The van der Waals surface area contributed by atoms with Crippen molar-refractivity contribution < 1.29 is 4.79 Å². The summed E-state index contributed by atoms with van der Waals surface area (Å²) < 4.78 is 0. The molecule has 2 atom stereocenters. The summed E-state index contributed by atoms with van der Waals surface area (Å²) in [5, 5.41) is 3.56. The van der Waals surface area contributed by atoms with E-state index in [9.17, 15) is 4.79 Å². The van der Waals surface area contributed by atoms with Gasteiger partial charge in [0, 0.05) is 6.04 Å². The first-order valence-corrected chi connectivity index (χ1v) is 7.81. The van der Waals surface area contributed by atoms with Gasteiger partial charge in [-0.05, 0) is 45.3 Å². The number of hydrogen-bond acceptors (Lipinski definition) is 3. The van der Waals surface area contributed by atoms with Crippen LogP contribution in [0.3, 0.4) is 0 Å². The minimum Gasteiger partial charge on any atom is -0.323 e. The Bertz CT molecular complexity index is 311. The van der Waals surface area contributed by atoms with Crippen molar-refractivity contribution in [1.29, 1.82) is 0 Å². The minimum atomic E-state index is 0.0243. The molecule has 2 fully saturated rings. The van der Waals surface area contributed by atoms with Gasteiger partial charge in [0.1, 0.15) is 0 Å². The van der Waals surface area contributed by atoms with E-state index in [-0.39, 0.29) is 12.2 Å². The molecular formula is C15H29N3O. The summed E-state index contributed by atoms with van der Waals surface area (Å²) in [6.07, 6.45) is 4.70. The minimum absolute atomic E-state index is 0.0243. The van der Waals surface area contributed by atoms with Gasteiger partial charge in [0.2, 0.25) is 5.91 Å². The van der Waals surface area contributed by atoms with E-state index >= 15 is 0 Å². The van der Waals surface area contributed by atoms with Crippen molar-refractivity contribution in [3.63, 3.8) is 0 Å². The molecular weight excluding hydrogens is 238 g/mol. The van der Waals surface area contributed by atoms with Crippen LogP contribution in [0, 0.1) is 5.92 Å². The van der Waals surface area contributed by atoms with Crippen LogP contribution in [0.5, 0.6) is 0 Å². The Balaban J connectivity index is 2.08. The molecule has 0 aromatic heterocycles. The molecule has 0 aromatic rings. The summed E-state index contributed by atoms with van der Waals surface area (Å²) >= 11 is 0. The molecule has 2 rings (SSSR count). The number of nitrogens with one attached hydrogen (secondary N) is 1. The van der Waals surface area contributed by atoms with Crippen molar-refractivity contribution in [2.24, 2.45) is 5.92 Å². The zero-order chi connectivity index (χ0) is 14.0. The highest BCUT2D eigenvalue weighted by Gasteiger charge is 2.43. The first kappa shape index (κ1) is 14.8. The quantitative estimate of drug-likeness (QED) is 0.841. The molecule has 0 aromatic carbocycles. The zero-order valence-electron chi connectivity index (χ0n) is 12.9. The molecule has 0 bridgehead atoms. The molecule has 2 aliphatic rings. The number of piperidine rings is 1. The van der Waals surface area contributed by atoms with E-state index in [0.717, 1.165) is 38.8 Å². The number of amides is 1. The molecule has 4 nitrogen and oxygen atoms in total. The maximum atomic E-state index is 12.7. The summed E-state index contributed by atoms with van der Waals surface area (Å²) in [5.74, 6) is 0.714. The number of likely N-dealkylation sites (tertiary alicyclic amines) is 1. The highest BCUT2D eigenvalue weighted by molar-refractivity contribution is 5.85. The van der Waals surface area contributed by atoms with Crippen LogP contribution in [0.4, 0.5) is 0 Å². The summed E-state index contributed by atoms with van der Waals surface area (Å²) in [5.41, 5.74) is 0. The smallest absolute Gasteiger partial charge is 0.241 e. The molecule has 19 heavy (non-hydrogen) atoms. The van der Waals surface area contributed by atoms with E-state index in [2.05, 4.69) is 42.9 Å². The first-order valence-electron chi connectivity index (χ1n) is 7.81. The van der Waals surface area contributed by atoms with E-state index in [1.165, 1.54) is 0 Å². The second-order valence-corrected chi connectivity index (χ2v) is 6.47. The SMILES string of the molecule is CCCC1NC(C(C)C)C(=O)N1C1CCN(C)CC1. The Labute approximate surface area is 117 Å². The molecule has 110 valence electrons. The lowest BCUT2D eigenvalue weighted by molar-refractivity contribution is -0.134. The largest absolute Gasteiger partial charge is 0.323 e. The zero-order valence-corrected chi connectivity index (χ0v) is 12.9. The standard InChI is InChI=1S/C15H29N3O/c1-5-6-13-16-14(11(2)3)15(19)18(13)12-7-9-17(4)10-8-12/h11-14,16H,5-10H2,1-4H3. The van der Waals surface area contributed by atoms with Crippen LogP contribution in [0.2, 0.25) is 0 Å². The van der Waals surface area contributed by atoms with Gasteiger partial charge in [0.15, 0.2) is 0 Å². The van der Waals surface area contributed by atoms with E-state index < -0.39 is 0 Å². The van der Waals surface area contributed by atoms with Crippen LogP contribution in [-0.4, -0.2) is 54.1 Å². The second-order valence-electron chi connectivity index (χ2n) is 6.47. The van der Waals surface area contributed by atoms with Crippen LogP contribution in [0.15, 0.2) is 0 Å². The van der Waals surface area contributed by atoms with Gasteiger partial charge in [-0.2, -0.15) is 0 Å². The third-order valence-electron chi connectivity index (χ3n) is 4.54. The van der Waals surface area contributed by atoms with Crippen molar-refractivity contribution in [2.75, 3.05) is 20.1 Å². The number of nitrogens with zero attached hydrogens (tertiary/aromatic N) is 2. The van der Waals surface area contributed by atoms with Gasteiger partial charge in [-0.15, -0.1) is 0 Å². The van der Waals surface area contributed by atoms with Gasteiger partial charge in [-0.25, -0.2) is 0 Å². The lowest BCUT2D eigenvalue weighted by Gasteiger charge is -2.38. The van der Waals surface area contributed by atoms with Crippen LogP contribution in [0.25, 0.3) is 0 Å². The van der Waals surface area contributed by atoms with Gasteiger partial charge in [0.25, 0.3) is 0 Å². The van der Waals surface area contributed by atoms with E-state index in [1.54, 1.807) is 0 Å². The topological polar surface area (TPSA) is 35.6 Å². The lowest BCUT2D eigenvalue weighted by atomic mass is 10.0. The lowest BCUT2D eigenvalue weighted by Crippen LogP contribution is -2.49. The molecule has 0 spiro atoms. The van der Waals surface area contributed by atoms with Crippen LogP contribution in [-0.2, 0) is 4.79 Å². The Morgan fingerprint density at radius 2 is 1.95 bits per heavy atom. The second kappa shape index (κ2) is 6.23. The van der Waals surface area contributed by atoms with Crippen molar-refractivity contribution in [2.45, 2.75) is 64.7 Å². The number of carbonyl (C=O) groups is 1. The summed E-state index contributed by atoms with van der Waals surface area (Å²) in [6.45, 7) is 8.69. The average Bonchev–Trinajstić information content (AvgIpc) is 2.68. The molecule has 0 saturated carbocycles. The summed E-state index contributed by atoms with van der Waals surface area (Å²) in [4.78, 5) is 17.2. The average molecular weight is 267 g/mol. The number of rotatable bonds is 4. The highest BCUT2D eigenvalue weighted by atomic mass is 16.2. The van der Waals surface area contributed by atoms with E-state index in [4.69, 9.17) is 0 Å². The Kier molecular flexibility index (Phi) is 4.85. The van der Waals surface area contributed by atoms with Gasteiger partial charge in [0.05, 0.1) is 12.2 Å². The molecule has 1 amide bonds. The summed E-state index contributed by atoms with van der Waals surface area (Å²) in [7, 11) is 2.17. The van der Waals surface area contributed by atoms with Crippen LogP contribution in [0.1, 0.15) is 46.5 Å². The fourth-order valence-corrected chi connectivity index (χ4v) is 3.35. The monoisotopic (exact) mass is 267 g/mol. The fourth-order valence-electron chi connectivity index (χ4n) is 3.35. The third-order valence-corrected chi connectivity index (χ3v) is 4.54. The molecule has 4 heteroatoms. The predicted octanol–water partition coefficient (Wildman–Crippen LogP) is 1.66. The molecule has 2 heterocycles. The van der Waals surface area contributed by atoms with Gasteiger partial charge >= 0.3 is 0 Å². The van der Waals surface area contributed by atoms with Gasteiger partial charge in [-0.3, -0.25) is 10.1 Å². The normalized spacial score (nSPS) is 30.6. The van der Waals surface area contributed by atoms with Gasteiger partial charge in [-0.1, -0.05) is 27.2 Å².